The van der Waals surface area contributed by atoms with Crippen LogP contribution in [0.2, 0.25) is 0 Å². The number of aliphatic imine (C=N–C) groups is 1. The van der Waals surface area contributed by atoms with Crippen molar-refractivity contribution in [1.29, 1.82) is 0 Å². The molecule has 0 aliphatic carbocycles. The number of carbonyl (C=O) groups excluding carboxylic acids is 1. The van der Waals surface area contributed by atoms with E-state index in [1.807, 2.05) is 43.3 Å². The van der Waals surface area contributed by atoms with Crippen LogP contribution in [0.3, 0.4) is 0 Å². The molecule has 0 bridgehead atoms. The molecule has 1 aliphatic rings. The summed E-state index contributed by atoms with van der Waals surface area (Å²) in [5.41, 5.74) is 1.68. The third-order valence-corrected chi connectivity index (χ3v) is 4.62. The van der Waals surface area contributed by atoms with Crippen molar-refractivity contribution in [3.63, 3.8) is 0 Å². The Kier molecular flexibility index (Phi) is 13.6. The van der Waals surface area contributed by atoms with Gasteiger partial charge in [-0.1, -0.05) is 12.1 Å². The van der Waals surface area contributed by atoms with Crippen LogP contribution in [0.4, 0.5) is 0 Å². The third-order valence-electron chi connectivity index (χ3n) is 4.62. The Balaban J connectivity index is 0.00000450. The Hall–Kier alpha value is -1.43. The molecule has 1 aromatic rings. The normalized spacial score (nSPS) is 14.9. The molecule has 9 heteroatoms. The maximum absolute atomic E-state index is 12.3. The fraction of sp³-hybridized carbons (Fsp3) is 0.619. The van der Waals surface area contributed by atoms with Gasteiger partial charge in [0.25, 0.3) is 5.91 Å². The van der Waals surface area contributed by atoms with Crippen molar-refractivity contribution in [1.82, 2.24) is 25.8 Å². The summed E-state index contributed by atoms with van der Waals surface area (Å²) in [6.45, 7) is 10.2. The largest absolute Gasteiger partial charge is 0.379 e. The van der Waals surface area contributed by atoms with Gasteiger partial charge in [0.05, 0.1) is 19.8 Å². The van der Waals surface area contributed by atoms with Crippen LogP contribution in [-0.4, -0.2) is 94.8 Å². The van der Waals surface area contributed by atoms with Crippen molar-refractivity contribution in [3.8, 4) is 0 Å². The molecule has 8 nitrogen and oxygen atoms in total. The van der Waals surface area contributed by atoms with Crippen LogP contribution in [0, 0.1) is 0 Å². The minimum absolute atomic E-state index is 0. The summed E-state index contributed by atoms with van der Waals surface area (Å²) < 4.78 is 5.38. The Morgan fingerprint density at radius 2 is 1.93 bits per heavy atom. The first-order chi connectivity index (χ1) is 14.1. The van der Waals surface area contributed by atoms with Gasteiger partial charge in [-0.25, -0.2) is 4.99 Å². The van der Waals surface area contributed by atoms with E-state index >= 15 is 0 Å². The number of likely N-dealkylation sites (N-methyl/N-ethyl adjacent to an activating group) is 1. The summed E-state index contributed by atoms with van der Waals surface area (Å²) in [6, 6.07) is 7.65. The zero-order valence-electron chi connectivity index (χ0n) is 18.4. The maximum atomic E-state index is 12.3. The molecule has 0 atom stereocenters. The first kappa shape index (κ1) is 26.6. The molecule has 1 amide bonds. The summed E-state index contributed by atoms with van der Waals surface area (Å²) >= 11 is 0. The molecule has 0 aromatic heterocycles. The first-order valence-electron chi connectivity index (χ1n) is 10.4. The van der Waals surface area contributed by atoms with E-state index < -0.39 is 0 Å². The number of amides is 1. The molecule has 0 spiro atoms. The summed E-state index contributed by atoms with van der Waals surface area (Å²) in [6.07, 6.45) is 0. The van der Waals surface area contributed by atoms with E-state index in [2.05, 4.69) is 32.8 Å². The summed E-state index contributed by atoms with van der Waals surface area (Å²) in [5.74, 6) is 0.745. The molecule has 0 radical (unpaired) electrons. The van der Waals surface area contributed by atoms with E-state index in [-0.39, 0.29) is 29.9 Å². The van der Waals surface area contributed by atoms with Gasteiger partial charge in [0, 0.05) is 51.4 Å². The molecular weight excluding hydrogens is 495 g/mol. The van der Waals surface area contributed by atoms with Crippen LogP contribution in [0.15, 0.2) is 29.3 Å². The van der Waals surface area contributed by atoms with E-state index in [9.17, 15) is 4.79 Å². The number of nitrogens with one attached hydrogen (secondary N) is 3. The minimum Gasteiger partial charge on any atom is -0.379 e. The Labute approximate surface area is 197 Å². The van der Waals surface area contributed by atoms with Gasteiger partial charge < -0.3 is 25.6 Å². The molecule has 0 saturated carbocycles. The van der Waals surface area contributed by atoms with E-state index in [4.69, 9.17) is 4.74 Å². The molecule has 1 aromatic carbocycles. The molecular formula is C21H37IN6O2. The van der Waals surface area contributed by atoms with Gasteiger partial charge in [0.2, 0.25) is 0 Å². The highest BCUT2D eigenvalue weighted by atomic mass is 127. The van der Waals surface area contributed by atoms with Crippen molar-refractivity contribution >= 4 is 35.8 Å². The fourth-order valence-electron chi connectivity index (χ4n) is 2.98. The molecule has 30 heavy (non-hydrogen) atoms. The van der Waals surface area contributed by atoms with Gasteiger partial charge in [-0.05, 0) is 38.7 Å². The quantitative estimate of drug-likeness (QED) is 0.237. The summed E-state index contributed by atoms with van der Waals surface area (Å²) in [5, 5.41) is 9.61. The number of carbonyl (C=O) groups is 1. The summed E-state index contributed by atoms with van der Waals surface area (Å²) in [7, 11) is 3.98. The lowest BCUT2D eigenvalue weighted by atomic mass is 10.1. The Bertz CT molecular complexity index is 650. The van der Waals surface area contributed by atoms with Crippen LogP contribution in [0.1, 0.15) is 22.8 Å². The summed E-state index contributed by atoms with van der Waals surface area (Å²) in [4.78, 5) is 21.4. The molecule has 3 N–H and O–H groups in total. The molecule has 1 fully saturated rings. The van der Waals surface area contributed by atoms with E-state index in [1.54, 1.807) is 0 Å². The van der Waals surface area contributed by atoms with Crippen LogP contribution >= 0.6 is 24.0 Å². The van der Waals surface area contributed by atoms with Crippen molar-refractivity contribution in [2.75, 3.05) is 73.1 Å². The standard InChI is InChI=1S/C21H36N6O2.HI/c1-4-22-21(24-9-11-27-12-14-29-15-13-27)25-17-18-6-5-7-19(16-18)20(28)23-8-10-26(2)3;/h5-7,16H,4,8-15,17H2,1-3H3,(H,23,28)(H2,22,24,25);1H. The van der Waals surface area contributed by atoms with Crippen LogP contribution in [0.5, 0.6) is 0 Å². The van der Waals surface area contributed by atoms with Gasteiger partial charge in [-0.2, -0.15) is 0 Å². The molecule has 1 saturated heterocycles. The molecule has 1 heterocycles. The van der Waals surface area contributed by atoms with Crippen LogP contribution < -0.4 is 16.0 Å². The number of morpholine rings is 1. The minimum atomic E-state index is -0.0479. The van der Waals surface area contributed by atoms with Gasteiger partial charge in [0.1, 0.15) is 0 Å². The predicted molar refractivity (Wildman–Crippen MR) is 133 cm³/mol. The number of ether oxygens (including phenoxy) is 1. The van der Waals surface area contributed by atoms with Crippen molar-refractivity contribution < 1.29 is 9.53 Å². The number of rotatable bonds is 10. The van der Waals surface area contributed by atoms with Gasteiger partial charge in [0.15, 0.2) is 5.96 Å². The van der Waals surface area contributed by atoms with E-state index in [0.717, 1.165) is 64.0 Å². The lowest BCUT2D eigenvalue weighted by Crippen LogP contribution is -2.44. The highest BCUT2D eigenvalue weighted by molar-refractivity contribution is 14.0. The molecule has 1 aliphatic heterocycles. The molecule has 170 valence electrons. The third kappa shape index (κ3) is 10.6. The number of benzene rings is 1. The monoisotopic (exact) mass is 532 g/mol. The second kappa shape index (κ2) is 15.4. The highest BCUT2D eigenvalue weighted by Crippen LogP contribution is 2.07. The van der Waals surface area contributed by atoms with Crippen molar-refractivity contribution in [3.05, 3.63) is 35.4 Å². The van der Waals surface area contributed by atoms with Gasteiger partial charge >= 0.3 is 0 Å². The fourth-order valence-corrected chi connectivity index (χ4v) is 2.98. The smallest absolute Gasteiger partial charge is 0.251 e. The van der Waals surface area contributed by atoms with Gasteiger partial charge in [-0.3, -0.25) is 9.69 Å². The average Bonchev–Trinajstić information content (AvgIpc) is 2.72. The number of hydrogen-bond donors (Lipinski definition) is 3. The van der Waals surface area contributed by atoms with Crippen LogP contribution in [0.25, 0.3) is 0 Å². The van der Waals surface area contributed by atoms with Crippen molar-refractivity contribution in [2.45, 2.75) is 13.5 Å². The molecule has 0 unspecified atom stereocenters. The van der Waals surface area contributed by atoms with Gasteiger partial charge in [-0.15, -0.1) is 24.0 Å². The lowest BCUT2D eigenvalue weighted by Gasteiger charge is -2.26. The SMILES string of the molecule is CCNC(=NCc1cccc(C(=O)NCCN(C)C)c1)NCCN1CCOCC1.I. The molecule has 2 rings (SSSR count). The first-order valence-corrected chi connectivity index (χ1v) is 10.4. The Morgan fingerprint density at radius 1 is 1.17 bits per heavy atom. The maximum Gasteiger partial charge on any atom is 0.251 e. The van der Waals surface area contributed by atoms with Crippen LogP contribution in [-0.2, 0) is 11.3 Å². The second-order valence-electron chi connectivity index (χ2n) is 7.34. The van der Waals surface area contributed by atoms with E-state index in [0.29, 0.717) is 18.7 Å². The zero-order chi connectivity index (χ0) is 20.9. The average molecular weight is 532 g/mol. The number of guanidine groups is 1. The predicted octanol–water partition coefficient (Wildman–Crippen LogP) is 0.983. The number of hydrogen-bond acceptors (Lipinski definition) is 5. The topological polar surface area (TPSA) is 81.2 Å². The zero-order valence-corrected chi connectivity index (χ0v) is 20.8. The highest BCUT2D eigenvalue weighted by Gasteiger charge is 2.10. The lowest BCUT2D eigenvalue weighted by molar-refractivity contribution is 0.0389. The number of halogens is 1. The van der Waals surface area contributed by atoms with Crippen molar-refractivity contribution in [2.24, 2.45) is 4.99 Å². The van der Waals surface area contributed by atoms with E-state index in [1.165, 1.54) is 0 Å². The Morgan fingerprint density at radius 3 is 2.63 bits per heavy atom. The second-order valence-corrected chi connectivity index (χ2v) is 7.34. The number of nitrogens with zero attached hydrogens (tertiary/aromatic N) is 3.